The number of hydrogen-bond acceptors (Lipinski definition) is 2. The zero-order chi connectivity index (χ0) is 18.3. The fourth-order valence-corrected chi connectivity index (χ4v) is 2.88. The third-order valence-corrected chi connectivity index (χ3v) is 4.08. The molecule has 0 N–H and O–H groups in total. The second-order valence-corrected chi connectivity index (χ2v) is 10.5. The van der Waals surface area contributed by atoms with Crippen molar-refractivity contribution in [3.8, 4) is 0 Å². The monoisotopic (exact) mass is 326 g/mol. The maximum absolute atomic E-state index is 5.06. The number of nitrogens with zero attached hydrogens (tertiary/aromatic N) is 2. The van der Waals surface area contributed by atoms with E-state index in [1.54, 1.807) is 0 Å². The first kappa shape index (κ1) is 18.9. The minimum atomic E-state index is 0.129. The first-order valence-corrected chi connectivity index (χ1v) is 9.05. The van der Waals surface area contributed by atoms with E-state index in [0.29, 0.717) is 0 Å². The fourth-order valence-electron chi connectivity index (χ4n) is 2.88. The SMILES string of the molecule is CC(C)(C)Cc1nc2ccc(C(C)(C)C)cc2nc1CC(C)(C)C. The number of fused-ring (bicyclic) bond motifs is 1. The summed E-state index contributed by atoms with van der Waals surface area (Å²) in [6, 6.07) is 6.55. The molecule has 0 aliphatic heterocycles. The number of benzene rings is 1. The second kappa shape index (κ2) is 6.13. The van der Waals surface area contributed by atoms with E-state index in [2.05, 4.69) is 80.5 Å². The van der Waals surface area contributed by atoms with E-state index in [0.717, 1.165) is 35.3 Å². The molecule has 132 valence electrons. The molecule has 0 unspecified atom stereocenters. The van der Waals surface area contributed by atoms with E-state index in [-0.39, 0.29) is 16.2 Å². The molecule has 0 aliphatic carbocycles. The predicted octanol–water partition coefficient (Wildman–Crippen LogP) is 6.10. The average molecular weight is 327 g/mol. The fraction of sp³-hybridized carbons (Fsp3) is 0.636. The van der Waals surface area contributed by atoms with Crippen molar-refractivity contribution in [1.82, 2.24) is 9.97 Å². The lowest BCUT2D eigenvalue weighted by atomic mass is 9.85. The maximum Gasteiger partial charge on any atom is 0.0893 e. The molecule has 0 aliphatic rings. The molecule has 1 heterocycles. The summed E-state index contributed by atoms with van der Waals surface area (Å²) in [6.07, 6.45) is 1.92. The van der Waals surface area contributed by atoms with Gasteiger partial charge in [0.15, 0.2) is 0 Å². The predicted molar refractivity (Wildman–Crippen MR) is 105 cm³/mol. The van der Waals surface area contributed by atoms with E-state index < -0.39 is 0 Å². The van der Waals surface area contributed by atoms with Crippen molar-refractivity contribution < 1.29 is 0 Å². The summed E-state index contributed by atoms with van der Waals surface area (Å²) in [5.74, 6) is 0. The lowest BCUT2D eigenvalue weighted by Crippen LogP contribution is -2.18. The van der Waals surface area contributed by atoms with Crippen molar-refractivity contribution >= 4 is 11.0 Å². The lowest BCUT2D eigenvalue weighted by molar-refractivity contribution is 0.384. The van der Waals surface area contributed by atoms with Crippen molar-refractivity contribution in [1.29, 1.82) is 0 Å². The van der Waals surface area contributed by atoms with Crippen LogP contribution in [-0.4, -0.2) is 9.97 Å². The molecule has 2 heteroatoms. The van der Waals surface area contributed by atoms with E-state index in [4.69, 9.17) is 9.97 Å². The molecule has 0 saturated heterocycles. The van der Waals surface area contributed by atoms with Crippen LogP contribution >= 0.6 is 0 Å². The topological polar surface area (TPSA) is 25.8 Å². The lowest BCUT2D eigenvalue weighted by Gasteiger charge is -2.24. The van der Waals surface area contributed by atoms with Gasteiger partial charge in [-0.3, -0.25) is 0 Å². The molecule has 0 fully saturated rings. The van der Waals surface area contributed by atoms with Gasteiger partial charge in [0.25, 0.3) is 0 Å². The first-order valence-electron chi connectivity index (χ1n) is 9.05. The molecular formula is C22H34N2. The standard InChI is InChI=1S/C22H34N2/c1-20(2,3)13-18-19(14-21(4,5)6)24-17-12-15(22(7,8)9)10-11-16(17)23-18/h10-12H,13-14H2,1-9H3. The van der Waals surface area contributed by atoms with Crippen molar-refractivity contribution in [3.05, 3.63) is 35.2 Å². The Morgan fingerprint density at radius 2 is 1.12 bits per heavy atom. The Balaban J connectivity index is 2.60. The van der Waals surface area contributed by atoms with Gasteiger partial charge < -0.3 is 0 Å². The van der Waals surface area contributed by atoms with Crippen molar-refractivity contribution in [2.24, 2.45) is 10.8 Å². The average Bonchev–Trinajstić information content (AvgIpc) is 2.34. The Hall–Kier alpha value is -1.44. The van der Waals surface area contributed by atoms with Gasteiger partial charge >= 0.3 is 0 Å². The summed E-state index contributed by atoms with van der Waals surface area (Å²) in [6.45, 7) is 20.3. The van der Waals surface area contributed by atoms with Crippen LogP contribution in [0.25, 0.3) is 11.0 Å². The van der Waals surface area contributed by atoms with E-state index in [9.17, 15) is 0 Å². The molecule has 2 aromatic rings. The van der Waals surface area contributed by atoms with Gasteiger partial charge in [0.05, 0.1) is 22.4 Å². The largest absolute Gasteiger partial charge is 0.249 e. The van der Waals surface area contributed by atoms with Gasteiger partial charge in [-0.05, 0) is 46.8 Å². The summed E-state index contributed by atoms with van der Waals surface area (Å²) in [4.78, 5) is 10.1. The van der Waals surface area contributed by atoms with Gasteiger partial charge in [0.1, 0.15) is 0 Å². The van der Waals surface area contributed by atoms with Crippen LogP contribution in [-0.2, 0) is 18.3 Å². The van der Waals surface area contributed by atoms with Crippen molar-refractivity contribution in [2.75, 3.05) is 0 Å². The van der Waals surface area contributed by atoms with Gasteiger partial charge in [-0.25, -0.2) is 9.97 Å². The van der Waals surface area contributed by atoms with E-state index in [1.807, 2.05) is 0 Å². The van der Waals surface area contributed by atoms with Crippen LogP contribution in [0.5, 0.6) is 0 Å². The van der Waals surface area contributed by atoms with Crippen LogP contribution in [0, 0.1) is 10.8 Å². The Morgan fingerprint density at radius 1 is 0.667 bits per heavy atom. The summed E-state index contributed by atoms with van der Waals surface area (Å²) in [7, 11) is 0. The zero-order valence-corrected chi connectivity index (χ0v) is 17.0. The molecule has 24 heavy (non-hydrogen) atoms. The van der Waals surface area contributed by atoms with E-state index in [1.165, 1.54) is 5.56 Å². The van der Waals surface area contributed by atoms with Gasteiger partial charge in [-0.2, -0.15) is 0 Å². The Morgan fingerprint density at radius 3 is 1.54 bits per heavy atom. The summed E-state index contributed by atoms with van der Waals surface area (Å²) in [5.41, 5.74) is 6.22. The van der Waals surface area contributed by atoms with Gasteiger partial charge in [-0.1, -0.05) is 68.4 Å². The molecule has 0 saturated carbocycles. The third kappa shape index (κ3) is 5.03. The molecule has 0 spiro atoms. The summed E-state index contributed by atoms with van der Waals surface area (Å²) >= 11 is 0. The molecule has 1 aromatic carbocycles. The minimum Gasteiger partial charge on any atom is -0.249 e. The van der Waals surface area contributed by atoms with Crippen LogP contribution in [0.15, 0.2) is 18.2 Å². The molecule has 0 radical (unpaired) electrons. The molecule has 1 aromatic heterocycles. The normalized spacial score (nSPS) is 13.5. The first-order chi connectivity index (χ1) is 10.7. The highest BCUT2D eigenvalue weighted by atomic mass is 14.8. The molecule has 0 atom stereocenters. The van der Waals surface area contributed by atoms with Crippen LogP contribution in [0.3, 0.4) is 0 Å². The van der Waals surface area contributed by atoms with Crippen LogP contribution in [0.4, 0.5) is 0 Å². The summed E-state index contributed by atoms with van der Waals surface area (Å²) in [5, 5.41) is 0. The smallest absolute Gasteiger partial charge is 0.0893 e. The van der Waals surface area contributed by atoms with E-state index >= 15 is 0 Å². The third-order valence-electron chi connectivity index (χ3n) is 4.08. The highest BCUT2D eigenvalue weighted by Gasteiger charge is 2.22. The maximum atomic E-state index is 5.06. The zero-order valence-electron chi connectivity index (χ0n) is 17.0. The molecule has 2 nitrogen and oxygen atoms in total. The Bertz CT molecular complexity index is 722. The Labute approximate surface area is 148 Å². The van der Waals surface area contributed by atoms with Gasteiger partial charge in [0, 0.05) is 0 Å². The highest BCUT2D eigenvalue weighted by Crippen LogP contribution is 2.29. The number of rotatable bonds is 2. The number of aromatic nitrogens is 2. The molecular weight excluding hydrogens is 292 g/mol. The summed E-state index contributed by atoms with van der Waals surface area (Å²) < 4.78 is 0. The van der Waals surface area contributed by atoms with Crippen molar-refractivity contribution in [2.45, 2.75) is 80.6 Å². The molecule has 2 rings (SSSR count). The van der Waals surface area contributed by atoms with Gasteiger partial charge in [-0.15, -0.1) is 0 Å². The highest BCUT2D eigenvalue weighted by molar-refractivity contribution is 5.75. The molecule has 0 amide bonds. The minimum absolute atomic E-state index is 0.129. The van der Waals surface area contributed by atoms with Crippen LogP contribution in [0.1, 0.15) is 79.3 Å². The quantitative estimate of drug-likeness (QED) is 0.666. The number of hydrogen-bond donors (Lipinski definition) is 0. The van der Waals surface area contributed by atoms with Crippen LogP contribution in [0.2, 0.25) is 0 Å². The Kier molecular flexibility index (Phi) is 4.82. The van der Waals surface area contributed by atoms with Gasteiger partial charge in [0.2, 0.25) is 0 Å². The second-order valence-electron chi connectivity index (χ2n) is 10.5. The van der Waals surface area contributed by atoms with Crippen LogP contribution < -0.4 is 0 Å². The molecule has 0 bridgehead atoms. The van der Waals surface area contributed by atoms with Crippen molar-refractivity contribution in [3.63, 3.8) is 0 Å².